The molecule has 3 aromatic rings. The minimum atomic E-state index is -3.95. The van der Waals surface area contributed by atoms with Crippen LogP contribution in [-0.4, -0.2) is 20.9 Å². The van der Waals surface area contributed by atoms with Gasteiger partial charge in [-0.1, -0.05) is 48.0 Å². The van der Waals surface area contributed by atoms with Gasteiger partial charge < -0.3 is 5.32 Å². The summed E-state index contributed by atoms with van der Waals surface area (Å²) in [5.41, 5.74) is 2.09. The Morgan fingerprint density at radius 1 is 0.967 bits per heavy atom. The number of amides is 1. The van der Waals surface area contributed by atoms with E-state index in [1.807, 2.05) is 6.92 Å². The van der Waals surface area contributed by atoms with E-state index in [2.05, 4.69) is 5.32 Å². The normalized spacial score (nSPS) is 12.2. The molecule has 0 aliphatic carbocycles. The highest BCUT2D eigenvalue weighted by molar-refractivity contribution is 7.92. The predicted molar refractivity (Wildman–Crippen MR) is 115 cm³/mol. The number of rotatable bonds is 7. The topological polar surface area (TPSA) is 66.5 Å². The summed E-state index contributed by atoms with van der Waals surface area (Å²) in [4.78, 5) is 12.8. The van der Waals surface area contributed by atoms with E-state index in [-0.39, 0.29) is 17.3 Å². The summed E-state index contributed by atoms with van der Waals surface area (Å²) >= 11 is 0. The van der Waals surface area contributed by atoms with Crippen molar-refractivity contribution in [3.63, 3.8) is 0 Å². The van der Waals surface area contributed by atoms with Crippen molar-refractivity contribution in [2.45, 2.75) is 24.8 Å². The van der Waals surface area contributed by atoms with Crippen molar-refractivity contribution in [2.24, 2.45) is 0 Å². The van der Waals surface area contributed by atoms with Crippen molar-refractivity contribution in [3.05, 3.63) is 95.8 Å². The molecule has 5 nitrogen and oxygen atoms in total. The zero-order chi connectivity index (χ0) is 21.7. The number of anilines is 1. The molecule has 0 fully saturated rings. The Morgan fingerprint density at radius 3 is 2.17 bits per heavy atom. The average Bonchev–Trinajstić information content (AvgIpc) is 2.74. The molecular formula is C23H23FN2O3S. The zero-order valence-corrected chi connectivity index (χ0v) is 17.6. The fourth-order valence-electron chi connectivity index (χ4n) is 3.00. The van der Waals surface area contributed by atoms with Crippen LogP contribution >= 0.6 is 0 Å². The lowest BCUT2D eigenvalue weighted by Gasteiger charge is -2.25. The van der Waals surface area contributed by atoms with Crippen LogP contribution in [0.5, 0.6) is 0 Å². The zero-order valence-electron chi connectivity index (χ0n) is 16.7. The lowest BCUT2D eigenvalue weighted by Crippen LogP contribution is -2.41. The molecule has 1 amide bonds. The van der Waals surface area contributed by atoms with Gasteiger partial charge in [0, 0.05) is 0 Å². The third-order valence-corrected chi connectivity index (χ3v) is 6.48. The highest BCUT2D eigenvalue weighted by Crippen LogP contribution is 2.24. The van der Waals surface area contributed by atoms with Crippen molar-refractivity contribution in [1.29, 1.82) is 0 Å². The van der Waals surface area contributed by atoms with Gasteiger partial charge in [-0.25, -0.2) is 12.8 Å². The number of hydrogen-bond donors (Lipinski definition) is 1. The summed E-state index contributed by atoms with van der Waals surface area (Å²) in [6, 6.07) is 20.3. The highest BCUT2D eigenvalue weighted by Gasteiger charge is 2.27. The highest BCUT2D eigenvalue weighted by atomic mass is 32.2. The first kappa shape index (κ1) is 21.5. The van der Waals surface area contributed by atoms with E-state index in [1.165, 1.54) is 24.3 Å². The number of carbonyl (C=O) groups is 1. The lowest BCUT2D eigenvalue weighted by molar-refractivity contribution is -0.120. The molecule has 0 spiro atoms. The molecule has 0 aliphatic heterocycles. The van der Waals surface area contributed by atoms with Gasteiger partial charge in [-0.05, 0) is 55.8 Å². The Balaban J connectivity index is 1.86. The van der Waals surface area contributed by atoms with Crippen molar-refractivity contribution in [3.8, 4) is 0 Å². The van der Waals surface area contributed by atoms with Gasteiger partial charge in [0.1, 0.15) is 12.4 Å². The van der Waals surface area contributed by atoms with Gasteiger partial charge in [0.25, 0.3) is 10.0 Å². The van der Waals surface area contributed by atoms with Crippen LogP contribution < -0.4 is 9.62 Å². The molecule has 1 atom stereocenters. The number of carbonyl (C=O) groups excluding carboxylic acids is 1. The van der Waals surface area contributed by atoms with E-state index in [4.69, 9.17) is 0 Å². The number of hydrogen-bond acceptors (Lipinski definition) is 3. The van der Waals surface area contributed by atoms with Crippen LogP contribution in [0.2, 0.25) is 0 Å². The van der Waals surface area contributed by atoms with E-state index in [0.29, 0.717) is 5.69 Å². The quantitative estimate of drug-likeness (QED) is 0.616. The number of sulfonamides is 1. The Kier molecular flexibility index (Phi) is 6.52. The number of nitrogens with one attached hydrogen (secondary N) is 1. The Labute approximate surface area is 176 Å². The summed E-state index contributed by atoms with van der Waals surface area (Å²) in [6.07, 6.45) is 0. The maximum atomic E-state index is 13.3. The molecule has 3 rings (SSSR count). The number of nitrogens with zero attached hydrogens (tertiary/aromatic N) is 1. The summed E-state index contributed by atoms with van der Waals surface area (Å²) < 4.78 is 40.7. The Hall–Kier alpha value is -3.19. The molecule has 0 radical (unpaired) electrons. The number of aryl methyl sites for hydroxylation is 1. The third kappa shape index (κ3) is 5.04. The summed E-state index contributed by atoms with van der Waals surface area (Å²) in [5.74, 6) is -0.830. The van der Waals surface area contributed by atoms with Gasteiger partial charge in [-0.15, -0.1) is 0 Å². The Morgan fingerprint density at radius 2 is 1.57 bits per heavy atom. The van der Waals surface area contributed by atoms with E-state index in [1.54, 1.807) is 61.5 Å². The van der Waals surface area contributed by atoms with Crippen LogP contribution in [0.1, 0.15) is 24.1 Å². The average molecular weight is 427 g/mol. The van der Waals surface area contributed by atoms with Gasteiger partial charge in [0.05, 0.1) is 16.6 Å². The molecular weight excluding hydrogens is 403 g/mol. The van der Waals surface area contributed by atoms with Crippen LogP contribution in [0.3, 0.4) is 0 Å². The maximum absolute atomic E-state index is 13.3. The minimum Gasteiger partial charge on any atom is -0.348 e. The van der Waals surface area contributed by atoms with E-state index in [0.717, 1.165) is 15.4 Å². The molecule has 0 aromatic heterocycles. The molecule has 0 heterocycles. The standard InChI is InChI=1S/C23H23FN2O3S/c1-17-8-14-21(15-9-17)26(30(28,29)22-6-4-3-5-7-22)16-23(27)25-18(2)19-10-12-20(24)13-11-19/h3-15,18H,16H2,1-2H3,(H,25,27)/t18-/m1/s1. The van der Waals surface area contributed by atoms with Gasteiger partial charge in [-0.2, -0.15) is 0 Å². The largest absolute Gasteiger partial charge is 0.348 e. The Bertz CT molecular complexity index is 1100. The van der Waals surface area contributed by atoms with E-state index >= 15 is 0 Å². The fraction of sp³-hybridized carbons (Fsp3) is 0.174. The van der Waals surface area contributed by atoms with Gasteiger partial charge >= 0.3 is 0 Å². The van der Waals surface area contributed by atoms with E-state index in [9.17, 15) is 17.6 Å². The first-order valence-electron chi connectivity index (χ1n) is 9.46. The predicted octanol–water partition coefficient (Wildman–Crippen LogP) is 4.21. The van der Waals surface area contributed by atoms with Crippen molar-refractivity contribution < 1.29 is 17.6 Å². The molecule has 1 N–H and O–H groups in total. The van der Waals surface area contributed by atoms with E-state index < -0.39 is 22.0 Å². The molecule has 30 heavy (non-hydrogen) atoms. The van der Waals surface area contributed by atoms with Crippen molar-refractivity contribution in [1.82, 2.24) is 5.32 Å². The molecule has 0 saturated heterocycles. The number of halogens is 1. The van der Waals surface area contributed by atoms with Crippen LogP contribution in [0, 0.1) is 12.7 Å². The summed E-state index contributed by atoms with van der Waals surface area (Å²) in [6.45, 7) is 3.27. The molecule has 3 aromatic carbocycles. The SMILES string of the molecule is Cc1ccc(N(CC(=O)N[C@H](C)c2ccc(F)cc2)S(=O)(=O)c2ccccc2)cc1. The van der Waals surface area contributed by atoms with Gasteiger partial charge in [0.15, 0.2) is 0 Å². The monoisotopic (exact) mass is 426 g/mol. The molecule has 0 aliphatic rings. The van der Waals surface area contributed by atoms with Crippen LogP contribution in [0.4, 0.5) is 10.1 Å². The molecule has 7 heteroatoms. The van der Waals surface area contributed by atoms with Crippen LogP contribution in [0.25, 0.3) is 0 Å². The van der Waals surface area contributed by atoms with Gasteiger partial charge in [0.2, 0.25) is 5.91 Å². The first-order valence-corrected chi connectivity index (χ1v) is 10.9. The fourth-order valence-corrected chi connectivity index (χ4v) is 4.44. The molecule has 0 saturated carbocycles. The van der Waals surface area contributed by atoms with Crippen molar-refractivity contribution >= 4 is 21.6 Å². The third-order valence-electron chi connectivity index (χ3n) is 4.69. The lowest BCUT2D eigenvalue weighted by atomic mass is 10.1. The maximum Gasteiger partial charge on any atom is 0.264 e. The first-order chi connectivity index (χ1) is 14.3. The van der Waals surface area contributed by atoms with Gasteiger partial charge in [-0.3, -0.25) is 9.10 Å². The van der Waals surface area contributed by atoms with Crippen LogP contribution in [-0.2, 0) is 14.8 Å². The molecule has 0 unspecified atom stereocenters. The minimum absolute atomic E-state index is 0.102. The second-order valence-corrected chi connectivity index (χ2v) is 8.86. The second kappa shape index (κ2) is 9.09. The van der Waals surface area contributed by atoms with Crippen molar-refractivity contribution in [2.75, 3.05) is 10.8 Å². The molecule has 0 bridgehead atoms. The summed E-state index contributed by atoms with van der Waals surface area (Å²) in [5, 5.41) is 2.78. The molecule has 156 valence electrons. The second-order valence-electron chi connectivity index (χ2n) is 7.00. The number of benzene rings is 3. The summed E-state index contributed by atoms with van der Waals surface area (Å²) in [7, 11) is -3.95. The smallest absolute Gasteiger partial charge is 0.264 e. The van der Waals surface area contributed by atoms with Crippen LogP contribution in [0.15, 0.2) is 83.8 Å².